The second-order valence-electron chi connectivity index (χ2n) is 4.56. The second-order valence-corrected chi connectivity index (χ2v) is 5.71. The minimum absolute atomic E-state index is 0.0558. The van der Waals surface area contributed by atoms with E-state index < -0.39 is 9.85 Å². The maximum absolute atomic E-state index is 10.9. The highest BCUT2D eigenvalue weighted by Gasteiger charge is 2.14. The summed E-state index contributed by atoms with van der Waals surface area (Å²) < 4.78 is 0. The summed E-state index contributed by atoms with van der Waals surface area (Å²) in [6.45, 7) is 3.94. The molecule has 110 valence electrons. The van der Waals surface area contributed by atoms with Gasteiger partial charge >= 0.3 is 5.00 Å². The maximum Gasteiger partial charge on any atom is 0.324 e. The number of nitrogens with zero attached hydrogens (tertiary/aromatic N) is 2. The Hall–Kier alpha value is -2.48. The molecule has 1 aromatic carbocycles. The molecule has 21 heavy (non-hydrogen) atoms. The highest BCUT2D eigenvalue weighted by molar-refractivity contribution is 7.15. The molecule has 0 radical (unpaired) electrons. The average Bonchev–Trinajstić information content (AvgIpc) is 2.86. The number of benzene rings is 1. The standard InChI is InChI=1S/C13H13N3O4S/c1-8-5-9(2)12(15(17)18)6-11(8)14-7-10-3-4-13(21-10)16(19)20/h3-6,14H,7H2,1-2H3. The fourth-order valence-electron chi connectivity index (χ4n) is 1.97. The number of rotatable bonds is 5. The van der Waals surface area contributed by atoms with Crippen LogP contribution >= 0.6 is 11.3 Å². The van der Waals surface area contributed by atoms with Crippen molar-refractivity contribution in [3.8, 4) is 0 Å². The molecule has 0 bridgehead atoms. The first-order valence-electron chi connectivity index (χ1n) is 6.11. The van der Waals surface area contributed by atoms with E-state index in [1.807, 2.05) is 6.92 Å². The summed E-state index contributed by atoms with van der Waals surface area (Å²) in [5.41, 5.74) is 2.21. The van der Waals surface area contributed by atoms with Gasteiger partial charge in [0.25, 0.3) is 5.69 Å². The highest BCUT2D eigenvalue weighted by Crippen LogP contribution is 2.28. The van der Waals surface area contributed by atoms with Crippen molar-refractivity contribution in [2.75, 3.05) is 5.32 Å². The summed E-state index contributed by atoms with van der Waals surface area (Å²) in [4.78, 5) is 21.5. The van der Waals surface area contributed by atoms with Gasteiger partial charge in [0.2, 0.25) is 0 Å². The van der Waals surface area contributed by atoms with Gasteiger partial charge in [0.15, 0.2) is 0 Å². The molecule has 1 heterocycles. The molecule has 1 aromatic heterocycles. The maximum atomic E-state index is 10.9. The number of hydrogen-bond acceptors (Lipinski definition) is 6. The zero-order chi connectivity index (χ0) is 15.6. The molecule has 0 aliphatic rings. The van der Waals surface area contributed by atoms with Crippen LogP contribution in [0.4, 0.5) is 16.4 Å². The Bertz CT molecular complexity index is 711. The van der Waals surface area contributed by atoms with Gasteiger partial charge in [-0.3, -0.25) is 20.2 Å². The van der Waals surface area contributed by atoms with Gasteiger partial charge in [-0.05, 0) is 31.5 Å². The molecule has 0 aliphatic heterocycles. The number of hydrogen-bond donors (Lipinski definition) is 1. The zero-order valence-corrected chi connectivity index (χ0v) is 12.3. The Morgan fingerprint density at radius 3 is 2.38 bits per heavy atom. The second kappa shape index (κ2) is 5.88. The van der Waals surface area contributed by atoms with E-state index in [4.69, 9.17) is 0 Å². The van der Waals surface area contributed by atoms with Crippen molar-refractivity contribution < 1.29 is 9.85 Å². The lowest BCUT2D eigenvalue weighted by Gasteiger charge is -2.09. The zero-order valence-electron chi connectivity index (χ0n) is 11.5. The molecule has 7 nitrogen and oxygen atoms in total. The molecule has 0 saturated heterocycles. The highest BCUT2D eigenvalue weighted by atomic mass is 32.1. The summed E-state index contributed by atoms with van der Waals surface area (Å²) in [6, 6.07) is 6.36. The van der Waals surface area contributed by atoms with E-state index in [9.17, 15) is 20.2 Å². The van der Waals surface area contributed by atoms with Gasteiger partial charge < -0.3 is 5.32 Å². The van der Waals surface area contributed by atoms with Gasteiger partial charge in [-0.25, -0.2) is 0 Å². The van der Waals surface area contributed by atoms with Gasteiger partial charge in [-0.2, -0.15) is 0 Å². The number of thiophene rings is 1. The minimum Gasteiger partial charge on any atom is -0.380 e. The van der Waals surface area contributed by atoms with E-state index in [2.05, 4.69) is 5.32 Å². The van der Waals surface area contributed by atoms with Gasteiger partial charge in [0.1, 0.15) is 0 Å². The molecule has 2 aromatic rings. The molecule has 8 heteroatoms. The fraction of sp³-hybridized carbons (Fsp3) is 0.231. The molecule has 2 rings (SSSR count). The molecular formula is C13H13N3O4S. The number of nitro groups is 2. The van der Waals surface area contributed by atoms with Gasteiger partial charge in [-0.15, -0.1) is 0 Å². The van der Waals surface area contributed by atoms with Crippen molar-refractivity contribution in [3.63, 3.8) is 0 Å². The first kappa shape index (κ1) is 14.9. The van der Waals surface area contributed by atoms with Crippen LogP contribution < -0.4 is 5.32 Å². The molecule has 0 spiro atoms. The summed E-state index contributed by atoms with van der Waals surface area (Å²) in [6.07, 6.45) is 0. The van der Waals surface area contributed by atoms with Crippen LogP contribution in [0.15, 0.2) is 24.3 Å². The first-order valence-corrected chi connectivity index (χ1v) is 6.92. The van der Waals surface area contributed by atoms with E-state index >= 15 is 0 Å². The predicted molar refractivity (Wildman–Crippen MR) is 80.9 cm³/mol. The SMILES string of the molecule is Cc1cc(C)c([N+](=O)[O-])cc1NCc1ccc([N+](=O)[O-])s1. The third-order valence-electron chi connectivity index (χ3n) is 3.02. The summed E-state index contributed by atoms with van der Waals surface area (Å²) in [5.74, 6) is 0. The number of anilines is 1. The summed E-state index contributed by atoms with van der Waals surface area (Å²) >= 11 is 1.08. The van der Waals surface area contributed by atoms with Crippen LogP contribution in [-0.2, 0) is 6.54 Å². The van der Waals surface area contributed by atoms with Crippen LogP contribution in [0.3, 0.4) is 0 Å². The molecule has 0 saturated carbocycles. The Morgan fingerprint density at radius 1 is 1.10 bits per heavy atom. The quantitative estimate of drug-likeness (QED) is 0.669. The van der Waals surface area contributed by atoms with E-state index in [1.54, 1.807) is 19.1 Å². The van der Waals surface area contributed by atoms with E-state index in [0.29, 0.717) is 17.8 Å². The number of nitro benzene ring substituents is 1. The third kappa shape index (κ3) is 3.34. The summed E-state index contributed by atoms with van der Waals surface area (Å²) in [7, 11) is 0. The van der Waals surface area contributed by atoms with E-state index in [0.717, 1.165) is 21.8 Å². The number of nitrogens with one attached hydrogen (secondary N) is 1. The largest absolute Gasteiger partial charge is 0.380 e. The van der Waals surface area contributed by atoms with Crippen molar-refractivity contribution in [2.45, 2.75) is 20.4 Å². The van der Waals surface area contributed by atoms with Crippen LogP contribution in [0, 0.1) is 34.1 Å². The molecular weight excluding hydrogens is 294 g/mol. The molecule has 0 atom stereocenters. The Kier molecular flexibility index (Phi) is 4.18. The van der Waals surface area contributed by atoms with Crippen molar-refractivity contribution in [1.29, 1.82) is 0 Å². The predicted octanol–water partition coefficient (Wildman–Crippen LogP) is 3.79. The molecule has 0 aliphatic carbocycles. The minimum atomic E-state index is -0.434. The van der Waals surface area contributed by atoms with Crippen molar-refractivity contribution in [1.82, 2.24) is 0 Å². The topological polar surface area (TPSA) is 98.3 Å². The van der Waals surface area contributed by atoms with Crippen LogP contribution in [0.5, 0.6) is 0 Å². The van der Waals surface area contributed by atoms with Crippen molar-refractivity contribution in [3.05, 3.63) is 60.5 Å². The Balaban J connectivity index is 2.17. The van der Waals surface area contributed by atoms with Crippen molar-refractivity contribution in [2.24, 2.45) is 0 Å². The normalized spacial score (nSPS) is 10.4. The first-order chi connectivity index (χ1) is 9.88. The average molecular weight is 307 g/mol. The third-order valence-corrected chi connectivity index (χ3v) is 4.06. The summed E-state index contributed by atoms with van der Waals surface area (Å²) in [5, 5.41) is 24.7. The van der Waals surface area contributed by atoms with Crippen LogP contribution in [0.1, 0.15) is 16.0 Å². The van der Waals surface area contributed by atoms with Crippen molar-refractivity contribution >= 4 is 27.7 Å². The molecule has 1 N–H and O–H groups in total. The van der Waals surface area contributed by atoms with E-state index in [1.165, 1.54) is 12.1 Å². The fourth-order valence-corrected chi connectivity index (χ4v) is 2.73. The Morgan fingerprint density at radius 2 is 1.81 bits per heavy atom. The van der Waals surface area contributed by atoms with Crippen LogP contribution in [0.2, 0.25) is 0 Å². The lowest BCUT2D eigenvalue weighted by Crippen LogP contribution is -2.02. The lowest BCUT2D eigenvalue weighted by molar-refractivity contribution is -0.385. The van der Waals surface area contributed by atoms with Gasteiger partial charge in [-0.1, -0.05) is 11.3 Å². The van der Waals surface area contributed by atoms with Gasteiger partial charge in [0.05, 0.1) is 9.85 Å². The van der Waals surface area contributed by atoms with E-state index in [-0.39, 0.29) is 10.7 Å². The van der Waals surface area contributed by atoms with Gasteiger partial charge in [0, 0.05) is 34.8 Å². The van der Waals surface area contributed by atoms with Crippen LogP contribution in [-0.4, -0.2) is 9.85 Å². The lowest BCUT2D eigenvalue weighted by atomic mass is 10.1. The van der Waals surface area contributed by atoms with Crippen LogP contribution in [0.25, 0.3) is 0 Å². The monoisotopic (exact) mass is 307 g/mol. The Labute approximate surface area is 124 Å². The smallest absolute Gasteiger partial charge is 0.324 e. The number of aryl methyl sites for hydroxylation is 2. The molecule has 0 amide bonds. The molecule has 0 unspecified atom stereocenters. The molecule has 0 fully saturated rings.